The van der Waals surface area contributed by atoms with Gasteiger partial charge in [-0.2, -0.15) is 0 Å². The Morgan fingerprint density at radius 2 is 1.47 bits per heavy atom. The van der Waals surface area contributed by atoms with Crippen molar-refractivity contribution in [2.24, 2.45) is 50.2 Å². The number of hydrogen-bond acceptors (Lipinski definition) is 3. The summed E-state index contributed by atoms with van der Waals surface area (Å²) in [6.45, 7) is 21.9. The second-order valence-corrected chi connectivity index (χ2v) is 18.6. The molecule has 4 saturated carbocycles. The minimum atomic E-state index is -0.131. The van der Waals surface area contributed by atoms with E-state index in [4.69, 9.17) is 4.74 Å². The number of allylic oxidation sites excluding steroid dienone is 2. The molecule has 244 valence electrons. The van der Waals surface area contributed by atoms with Crippen molar-refractivity contribution in [3.05, 3.63) is 11.6 Å². The fraction of sp³-hybridized carbons (Fsp3) is 0.900. The Morgan fingerprint density at radius 1 is 0.814 bits per heavy atom. The molecule has 0 radical (unpaired) electrons. The molecule has 0 bridgehead atoms. The van der Waals surface area contributed by atoms with Crippen molar-refractivity contribution in [1.29, 1.82) is 0 Å². The Bertz CT molecular complexity index is 1100. The summed E-state index contributed by atoms with van der Waals surface area (Å²) in [5.41, 5.74) is 2.08. The highest BCUT2D eigenvalue weighted by atomic mass is 16.5. The minimum Gasteiger partial charge on any atom is -0.462 e. The summed E-state index contributed by atoms with van der Waals surface area (Å²) in [5, 5.41) is 0. The van der Waals surface area contributed by atoms with Gasteiger partial charge in [0.2, 0.25) is 0 Å². The van der Waals surface area contributed by atoms with E-state index in [0.717, 1.165) is 38.5 Å². The molecule has 0 spiro atoms. The maximum Gasteiger partial charge on any atom is 0.306 e. The first-order valence-corrected chi connectivity index (χ1v) is 18.5. The number of rotatable bonds is 9. The molecule has 0 aliphatic heterocycles. The Kier molecular flexibility index (Phi) is 8.97. The number of ketones is 1. The number of fused-ring (bicyclic) bond motifs is 7. The van der Waals surface area contributed by atoms with Crippen LogP contribution in [0.2, 0.25) is 0 Å². The lowest BCUT2D eigenvalue weighted by Gasteiger charge is -2.70. The Hall–Kier alpha value is -1.12. The third-order valence-corrected chi connectivity index (χ3v) is 15.0. The molecule has 5 rings (SSSR count). The lowest BCUT2D eigenvalue weighted by molar-refractivity contribution is -0.211. The van der Waals surface area contributed by atoms with Crippen molar-refractivity contribution in [2.45, 2.75) is 178 Å². The highest BCUT2D eigenvalue weighted by Gasteiger charge is 2.70. The maximum atomic E-state index is 14.6. The molecule has 43 heavy (non-hydrogen) atoms. The highest BCUT2D eigenvalue weighted by molar-refractivity contribution is 5.95. The number of carbonyl (C=O) groups excluding carboxylic acids is 2. The molecule has 3 heteroatoms. The third kappa shape index (κ3) is 5.51. The molecule has 5 aliphatic carbocycles. The van der Waals surface area contributed by atoms with Crippen molar-refractivity contribution >= 4 is 11.8 Å². The second kappa shape index (κ2) is 11.6. The number of ether oxygens (including phenoxy) is 1. The van der Waals surface area contributed by atoms with E-state index >= 15 is 0 Å². The fourth-order valence-electron chi connectivity index (χ4n) is 12.0. The summed E-state index contributed by atoms with van der Waals surface area (Å²) >= 11 is 0. The van der Waals surface area contributed by atoms with E-state index in [2.05, 4.69) is 68.4 Å². The molecule has 4 fully saturated rings. The first-order valence-electron chi connectivity index (χ1n) is 18.5. The topological polar surface area (TPSA) is 43.4 Å². The van der Waals surface area contributed by atoms with Crippen LogP contribution in [0.15, 0.2) is 11.6 Å². The van der Waals surface area contributed by atoms with Gasteiger partial charge in [0, 0.05) is 17.8 Å². The maximum absolute atomic E-state index is 14.6. The van der Waals surface area contributed by atoms with Crippen molar-refractivity contribution in [3.63, 3.8) is 0 Å². The molecule has 0 saturated heterocycles. The van der Waals surface area contributed by atoms with E-state index in [-0.39, 0.29) is 39.7 Å². The molecule has 0 aromatic rings. The average molecular weight is 595 g/mol. The molecule has 0 N–H and O–H groups in total. The van der Waals surface area contributed by atoms with E-state index in [1.54, 1.807) is 0 Å². The predicted octanol–water partition coefficient (Wildman–Crippen LogP) is 11.0. The van der Waals surface area contributed by atoms with Gasteiger partial charge >= 0.3 is 5.97 Å². The largest absolute Gasteiger partial charge is 0.462 e. The Labute approximate surface area is 265 Å². The number of hydrogen-bond donors (Lipinski definition) is 0. The SMILES string of the molecule is CCCCCCCCCC(=O)O[C@H]1CC[C@]2(C)[C@H]3C(=O)C=C4[C@@H]5CC(C)(C)CC[C@]5(C)CC[C@@]4(C)[C@]3(C)CC[C@H]2C1(C)C. The van der Waals surface area contributed by atoms with Crippen molar-refractivity contribution in [1.82, 2.24) is 0 Å². The molecule has 0 aromatic heterocycles. The van der Waals surface area contributed by atoms with Crippen LogP contribution in [0.1, 0.15) is 171 Å². The van der Waals surface area contributed by atoms with Crippen LogP contribution < -0.4 is 0 Å². The van der Waals surface area contributed by atoms with Crippen molar-refractivity contribution in [3.8, 4) is 0 Å². The van der Waals surface area contributed by atoms with Crippen LogP contribution in [0.4, 0.5) is 0 Å². The van der Waals surface area contributed by atoms with Gasteiger partial charge in [0.25, 0.3) is 0 Å². The number of esters is 1. The van der Waals surface area contributed by atoms with E-state index in [1.165, 1.54) is 69.8 Å². The van der Waals surface area contributed by atoms with Crippen LogP contribution in [-0.4, -0.2) is 17.9 Å². The number of carbonyl (C=O) groups is 2. The van der Waals surface area contributed by atoms with Gasteiger partial charge in [-0.1, -0.05) is 106 Å². The second-order valence-electron chi connectivity index (χ2n) is 18.6. The zero-order valence-corrected chi connectivity index (χ0v) is 29.6. The Morgan fingerprint density at radius 3 is 2.16 bits per heavy atom. The summed E-state index contributed by atoms with van der Waals surface area (Å²) in [7, 11) is 0. The smallest absolute Gasteiger partial charge is 0.306 e. The molecular formula is C40H66O3. The van der Waals surface area contributed by atoms with Gasteiger partial charge in [-0.05, 0) is 109 Å². The van der Waals surface area contributed by atoms with E-state index in [9.17, 15) is 9.59 Å². The molecule has 8 atom stereocenters. The average Bonchev–Trinajstić information content (AvgIpc) is 2.92. The van der Waals surface area contributed by atoms with Crippen LogP contribution in [0, 0.1) is 50.2 Å². The number of unbranched alkanes of at least 4 members (excludes halogenated alkanes) is 6. The lowest BCUT2D eigenvalue weighted by atomic mass is 9.33. The van der Waals surface area contributed by atoms with Gasteiger partial charge in [-0.15, -0.1) is 0 Å². The molecular weight excluding hydrogens is 528 g/mol. The van der Waals surface area contributed by atoms with Crippen LogP contribution in [0.3, 0.4) is 0 Å². The summed E-state index contributed by atoms with van der Waals surface area (Å²) in [6.07, 6.45) is 21.6. The zero-order valence-electron chi connectivity index (χ0n) is 29.6. The molecule has 0 unspecified atom stereocenters. The van der Waals surface area contributed by atoms with Crippen LogP contribution in [0.25, 0.3) is 0 Å². The van der Waals surface area contributed by atoms with Crippen molar-refractivity contribution < 1.29 is 14.3 Å². The van der Waals surface area contributed by atoms with Crippen LogP contribution >= 0.6 is 0 Å². The zero-order chi connectivity index (χ0) is 31.5. The fourth-order valence-corrected chi connectivity index (χ4v) is 12.0. The quantitative estimate of drug-likeness (QED) is 0.197. The first-order chi connectivity index (χ1) is 20.0. The molecule has 5 aliphatic rings. The first kappa shape index (κ1) is 33.2. The minimum absolute atomic E-state index is 0.00891. The molecule has 3 nitrogen and oxygen atoms in total. The van der Waals surface area contributed by atoms with Gasteiger partial charge in [0.05, 0.1) is 0 Å². The van der Waals surface area contributed by atoms with E-state index in [0.29, 0.717) is 34.9 Å². The molecule has 0 aromatic carbocycles. The van der Waals surface area contributed by atoms with E-state index in [1.807, 2.05) is 0 Å². The summed E-state index contributed by atoms with van der Waals surface area (Å²) in [5.74, 6) is 1.38. The van der Waals surface area contributed by atoms with Gasteiger partial charge in [0.1, 0.15) is 6.10 Å². The van der Waals surface area contributed by atoms with Gasteiger partial charge in [-0.3, -0.25) is 9.59 Å². The lowest BCUT2D eigenvalue weighted by Crippen LogP contribution is -2.66. The summed E-state index contributed by atoms with van der Waals surface area (Å²) in [4.78, 5) is 27.6. The molecule has 0 amide bonds. The van der Waals surface area contributed by atoms with Gasteiger partial charge in [-0.25, -0.2) is 0 Å². The van der Waals surface area contributed by atoms with Crippen molar-refractivity contribution in [2.75, 3.05) is 0 Å². The van der Waals surface area contributed by atoms with Crippen LogP contribution in [0.5, 0.6) is 0 Å². The van der Waals surface area contributed by atoms with Gasteiger partial charge in [0.15, 0.2) is 5.78 Å². The normalized spacial score (nSPS) is 43.0. The standard InChI is InChI=1S/C40H66O3/c1-10-11-12-13-14-15-16-17-33(42)43-32-19-20-38(7)31(36(32,4)5)18-21-40(9)34(38)30(41)26-28-29-27-35(2,3)22-23-37(29,6)24-25-39(28,40)8/h26,29,31-32,34H,10-25,27H2,1-9H3/t29-,31-,32-,34+,37+,38-,39+,40+/m0/s1. The highest BCUT2D eigenvalue weighted by Crippen LogP contribution is 2.75. The Balaban J connectivity index is 1.33. The molecule has 0 heterocycles. The van der Waals surface area contributed by atoms with Crippen LogP contribution in [-0.2, 0) is 14.3 Å². The monoisotopic (exact) mass is 595 g/mol. The summed E-state index contributed by atoms with van der Waals surface area (Å²) in [6, 6.07) is 0. The predicted molar refractivity (Wildman–Crippen MR) is 178 cm³/mol. The summed E-state index contributed by atoms with van der Waals surface area (Å²) < 4.78 is 6.29. The third-order valence-electron chi connectivity index (χ3n) is 15.0. The van der Waals surface area contributed by atoms with Gasteiger partial charge < -0.3 is 4.74 Å². The van der Waals surface area contributed by atoms with E-state index < -0.39 is 0 Å².